The maximum Gasteiger partial charge on any atom is 0.233 e. The van der Waals surface area contributed by atoms with Gasteiger partial charge in [-0.25, -0.2) is 0 Å². The van der Waals surface area contributed by atoms with Crippen molar-refractivity contribution in [3.63, 3.8) is 0 Å². The van der Waals surface area contributed by atoms with Gasteiger partial charge in [-0.2, -0.15) is 0 Å². The molecule has 1 atom stereocenters. The lowest BCUT2D eigenvalue weighted by molar-refractivity contribution is -0.132. The third kappa shape index (κ3) is 4.51. The van der Waals surface area contributed by atoms with Gasteiger partial charge in [-0.05, 0) is 12.8 Å². The minimum atomic E-state index is -0.503. The molecular formula is C11H23N3O2. The molecule has 0 aliphatic carbocycles. The van der Waals surface area contributed by atoms with Crippen molar-refractivity contribution >= 4 is 11.7 Å². The Labute approximate surface area is 97.3 Å². The Morgan fingerprint density at radius 3 is 2.50 bits per heavy atom. The molecule has 0 saturated carbocycles. The van der Waals surface area contributed by atoms with E-state index in [4.69, 9.17) is 10.9 Å². The first-order chi connectivity index (χ1) is 7.58. The molecule has 0 fully saturated rings. The van der Waals surface area contributed by atoms with Crippen molar-refractivity contribution in [2.24, 2.45) is 16.8 Å². The Bertz CT molecular complexity index is 241. The molecule has 0 bridgehead atoms. The van der Waals surface area contributed by atoms with E-state index in [1.807, 2.05) is 6.92 Å². The average Bonchev–Trinajstić information content (AvgIpc) is 2.29. The van der Waals surface area contributed by atoms with Crippen molar-refractivity contribution in [3.8, 4) is 0 Å². The summed E-state index contributed by atoms with van der Waals surface area (Å²) in [6, 6.07) is 0. The molecule has 0 aliphatic rings. The van der Waals surface area contributed by atoms with E-state index in [1.54, 1.807) is 11.9 Å². The number of carbonyl (C=O) groups excluding carboxylic acids is 1. The molecule has 0 saturated heterocycles. The second-order valence-electron chi connectivity index (χ2n) is 3.95. The normalized spacial score (nSPS) is 13.6. The number of hydrogen-bond donors (Lipinski definition) is 2. The van der Waals surface area contributed by atoms with E-state index in [0.717, 1.165) is 25.8 Å². The number of carbonyl (C=O) groups is 1. The van der Waals surface area contributed by atoms with Crippen molar-refractivity contribution in [2.45, 2.75) is 39.5 Å². The summed E-state index contributed by atoms with van der Waals surface area (Å²) in [5, 5.41) is 11.5. The van der Waals surface area contributed by atoms with Crippen molar-refractivity contribution in [3.05, 3.63) is 0 Å². The second-order valence-corrected chi connectivity index (χ2v) is 3.95. The smallest absolute Gasteiger partial charge is 0.233 e. The van der Waals surface area contributed by atoms with Crippen LogP contribution in [0.1, 0.15) is 39.5 Å². The third-order valence-corrected chi connectivity index (χ3v) is 2.65. The molecule has 3 N–H and O–H groups in total. The summed E-state index contributed by atoms with van der Waals surface area (Å²) in [6.07, 6.45) is 3.77. The number of oxime groups is 1. The fourth-order valence-corrected chi connectivity index (χ4v) is 1.56. The first-order valence-corrected chi connectivity index (χ1v) is 5.80. The molecule has 16 heavy (non-hydrogen) atoms. The second kappa shape index (κ2) is 7.96. The lowest BCUT2D eigenvalue weighted by atomic mass is 10.0. The van der Waals surface area contributed by atoms with Gasteiger partial charge >= 0.3 is 0 Å². The van der Waals surface area contributed by atoms with E-state index in [9.17, 15) is 4.79 Å². The summed E-state index contributed by atoms with van der Waals surface area (Å²) in [4.78, 5) is 13.6. The lowest BCUT2D eigenvalue weighted by Gasteiger charge is -2.22. The monoisotopic (exact) mass is 229 g/mol. The average molecular weight is 229 g/mol. The van der Waals surface area contributed by atoms with Crippen LogP contribution in [0.15, 0.2) is 5.16 Å². The zero-order valence-corrected chi connectivity index (χ0v) is 10.4. The highest BCUT2D eigenvalue weighted by atomic mass is 16.4. The van der Waals surface area contributed by atoms with E-state index in [-0.39, 0.29) is 11.7 Å². The summed E-state index contributed by atoms with van der Waals surface area (Å²) >= 11 is 0. The summed E-state index contributed by atoms with van der Waals surface area (Å²) in [5.74, 6) is -0.583. The Morgan fingerprint density at radius 2 is 2.06 bits per heavy atom. The highest BCUT2D eigenvalue weighted by molar-refractivity contribution is 6.01. The zero-order valence-electron chi connectivity index (χ0n) is 10.4. The van der Waals surface area contributed by atoms with Crippen LogP contribution in [-0.4, -0.2) is 35.4 Å². The first-order valence-electron chi connectivity index (χ1n) is 5.80. The molecule has 94 valence electrons. The Kier molecular flexibility index (Phi) is 7.33. The van der Waals surface area contributed by atoms with Gasteiger partial charge in [-0.1, -0.05) is 31.8 Å². The van der Waals surface area contributed by atoms with Gasteiger partial charge in [0.15, 0.2) is 5.84 Å². The number of hydrogen-bond acceptors (Lipinski definition) is 3. The lowest BCUT2D eigenvalue weighted by Crippen LogP contribution is -2.40. The summed E-state index contributed by atoms with van der Waals surface area (Å²) < 4.78 is 0. The molecule has 0 heterocycles. The Hall–Kier alpha value is -1.26. The number of amides is 1. The van der Waals surface area contributed by atoms with Gasteiger partial charge in [-0.15, -0.1) is 0 Å². The zero-order chi connectivity index (χ0) is 12.6. The standard InChI is InChI=1S/C11H23N3O2/c1-4-6-7-8-14(3)11(15)9(5-2)10(12)13-16/h9,16H,4-8H2,1-3H3,(H2,12,13). The van der Waals surface area contributed by atoms with Crippen molar-refractivity contribution < 1.29 is 10.0 Å². The highest BCUT2D eigenvalue weighted by Gasteiger charge is 2.23. The molecule has 0 aromatic heterocycles. The van der Waals surface area contributed by atoms with Gasteiger partial charge in [0.25, 0.3) is 0 Å². The van der Waals surface area contributed by atoms with E-state index in [1.165, 1.54) is 0 Å². The molecular weight excluding hydrogens is 206 g/mol. The predicted molar refractivity (Wildman–Crippen MR) is 64.4 cm³/mol. The van der Waals surface area contributed by atoms with Crippen LogP contribution < -0.4 is 5.73 Å². The minimum absolute atomic E-state index is 0.00478. The number of amidine groups is 1. The maximum atomic E-state index is 11.9. The molecule has 0 radical (unpaired) electrons. The van der Waals surface area contributed by atoms with Crippen molar-refractivity contribution in [1.82, 2.24) is 4.90 Å². The topological polar surface area (TPSA) is 78.9 Å². The van der Waals surface area contributed by atoms with Gasteiger partial charge in [0, 0.05) is 13.6 Å². The van der Waals surface area contributed by atoms with Gasteiger partial charge in [0.1, 0.15) is 0 Å². The largest absolute Gasteiger partial charge is 0.409 e. The van der Waals surface area contributed by atoms with E-state index in [0.29, 0.717) is 6.42 Å². The SMILES string of the molecule is CCCCCN(C)C(=O)C(CC)C(N)=NO. The molecule has 1 amide bonds. The number of rotatable bonds is 7. The molecule has 0 rings (SSSR count). The molecule has 0 aliphatic heterocycles. The number of unbranched alkanes of at least 4 members (excludes halogenated alkanes) is 2. The van der Waals surface area contributed by atoms with Crippen LogP contribution >= 0.6 is 0 Å². The molecule has 0 aromatic carbocycles. The predicted octanol–water partition coefficient (Wildman–Crippen LogP) is 1.41. The third-order valence-electron chi connectivity index (χ3n) is 2.65. The molecule has 0 aromatic rings. The first kappa shape index (κ1) is 14.7. The van der Waals surface area contributed by atoms with Crippen LogP contribution in [0, 0.1) is 5.92 Å². The molecule has 0 spiro atoms. The molecule has 1 unspecified atom stereocenters. The molecule has 5 nitrogen and oxygen atoms in total. The van der Waals surface area contributed by atoms with E-state index < -0.39 is 5.92 Å². The fraction of sp³-hybridized carbons (Fsp3) is 0.818. The summed E-state index contributed by atoms with van der Waals surface area (Å²) in [6.45, 7) is 4.69. The van der Waals surface area contributed by atoms with E-state index >= 15 is 0 Å². The van der Waals surface area contributed by atoms with Crippen LogP contribution in [0.5, 0.6) is 0 Å². The number of nitrogens with two attached hydrogens (primary N) is 1. The van der Waals surface area contributed by atoms with Crippen molar-refractivity contribution in [1.29, 1.82) is 0 Å². The van der Waals surface area contributed by atoms with Crippen molar-refractivity contribution in [2.75, 3.05) is 13.6 Å². The van der Waals surface area contributed by atoms with Crippen LogP contribution in [0.4, 0.5) is 0 Å². The Balaban J connectivity index is 4.28. The van der Waals surface area contributed by atoms with Crippen LogP contribution in [0.25, 0.3) is 0 Å². The summed E-state index contributed by atoms with van der Waals surface area (Å²) in [7, 11) is 1.76. The highest BCUT2D eigenvalue weighted by Crippen LogP contribution is 2.08. The van der Waals surface area contributed by atoms with Gasteiger partial charge in [0.05, 0.1) is 5.92 Å². The Morgan fingerprint density at radius 1 is 1.44 bits per heavy atom. The van der Waals surface area contributed by atoms with Gasteiger partial charge in [0.2, 0.25) is 5.91 Å². The molecule has 5 heteroatoms. The minimum Gasteiger partial charge on any atom is -0.409 e. The maximum absolute atomic E-state index is 11.9. The summed E-state index contributed by atoms with van der Waals surface area (Å²) in [5.41, 5.74) is 5.47. The van der Waals surface area contributed by atoms with E-state index in [2.05, 4.69) is 12.1 Å². The van der Waals surface area contributed by atoms with Gasteiger partial charge in [-0.3, -0.25) is 4.79 Å². The van der Waals surface area contributed by atoms with Gasteiger partial charge < -0.3 is 15.8 Å². The quantitative estimate of drug-likeness (QED) is 0.228. The number of nitrogens with zero attached hydrogens (tertiary/aromatic N) is 2. The fourth-order valence-electron chi connectivity index (χ4n) is 1.56. The van der Waals surface area contributed by atoms with Crippen LogP contribution in [0.2, 0.25) is 0 Å². The van der Waals surface area contributed by atoms with Crippen LogP contribution in [0.3, 0.4) is 0 Å². The van der Waals surface area contributed by atoms with Crippen LogP contribution in [-0.2, 0) is 4.79 Å².